The Morgan fingerprint density at radius 1 is 1.41 bits per heavy atom. The lowest BCUT2D eigenvalue weighted by Gasteiger charge is -2.10. The van der Waals surface area contributed by atoms with Crippen LogP contribution in [0.25, 0.3) is 0 Å². The first kappa shape index (κ1) is 13.0. The summed E-state index contributed by atoms with van der Waals surface area (Å²) in [5, 5.41) is 8.60. The van der Waals surface area contributed by atoms with Gasteiger partial charge in [-0.3, -0.25) is 0 Å². The van der Waals surface area contributed by atoms with Gasteiger partial charge >= 0.3 is 12.1 Å². The molecule has 0 aliphatic carbocycles. The number of carbonyl (C=O) groups is 1. The van der Waals surface area contributed by atoms with Gasteiger partial charge in [0.15, 0.2) is 0 Å². The van der Waals surface area contributed by atoms with Crippen molar-refractivity contribution in [3.63, 3.8) is 0 Å². The van der Waals surface area contributed by atoms with Gasteiger partial charge in [0.1, 0.15) is 11.9 Å². The Hall–Kier alpha value is -2.10. The normalized spacial score (nSPS) is 10.8. The van der Waals surface area contributed by atoms with Crippen LogP contribution in [-0.2, 0) is 10.9 Å². The first-order valence-electron chi connectivity index (χ1n) is 4.20. The van der Waals surface area contributed by atoms with Gasteiger partial charge in [-0.15, -0.1) is 0 Å². The van der Waals surface area contributed by atoms with Crippen LogP contribution in [0, 0.1) is 17.1 Å². The van der Waals surface area contributed by atoms with Crippen molar-refractivity contribution in [2.75, 3.05) is 7.11 Å². The Labute approximate surface area is 93.2 Å². The van der Waals surface area contributed by atoms with Crippen LogP contribution in [-0.4, -0.2) is 13.1 Å². The molecule has 7 heteroatoms. The van der Waals surface area contributed by atoms with E-state index in [1.165, 1.54) is 6.07 Å². The third kappa shape index (κ3) is 2.53. The highest BCUT2D eigenvalue weighted by molar-refractivity contribution is 5.92. The molecule has 0 aliphatic heterocycles. The number of esters is 1. The second-order valence-electron chi connectivity index (χ2n) is 2.98. The van der Waals surface area contributed by atoms with E-state index < -0.39 is 34.7 Å². The van der Waals surface area contributed by atoms with Crippen LogP contribution < -0.4 is 0 Å². The van der Waals surface area contributed by atoms with Crippen molar-refractivity contribution in [1.82, 2.24) is 0 Å². The van der Waals surface area contributed by atoms with Crippen LogP contribution in [0.1, 0.15) is 21.5 Å². The fourth-order valence-electron chi connectivity index (χ4n) is 1.16. The minimum atomic E-state index is -4.93. The molecule has 0 N–H and O–H groups in total. The zero-order valence-electron chi connectivity index (χ0n) is 8.43. The smallest absolute Gasteiger partial charge is 0.419 e. The third-order valence-electron chi connectivity index (χ3n) is 1.94. The molecule has 0 unspecified atom stereocenters. The van der Waals surface area contributed by atoms with Crippen molar-refractivity contribution >= 4 is 5.97 Å². The van der Waals surface area contributed by atoms with Gasteiger partial charge in [0, 0.05) is 0 Å². The fraction of sp³-hybridized carbons (Fsp3) is 0.200. The Morgan fingerprint density at radius 3 is 2.41 bits per heavy atom. The Bertz CT molecular complexity index is 502. The number of hydrogen-bond acceptors (Lipinski definition) is 3. The number of nitrogens with zero attached hydrogens (tertiary/aromatic N) is 1. The largest absolute Gasteiger partial charge is 0.465 e. The molecule has 0 amide bonds. The summed E-state index contributed by atoms with van der Waals surface area (Å²) in [6, 6.07) is 2.00. The number of rotatable bonds is 1. The number of benzene rings is 1. The van der Waals surface area contributed by atoms with E-state index in [9.17, 15) is 22.4 Å². The van der Waals surface area contributed by atoms with E-state index in [0.717, 1.165) is 7.11 Å². The molecule has 0 bridgehead atoms. The molecule has 0 aromatic heterocycles. The SMILES string of the molecule is COC(=O)c1cc(F)c(C(F)(F)F)cc1C#N. The Kier molecular flexibility index (Phi) is 3.36. The maximum absolute atomic E-state index is 13.1. The topological polar surface area (TPSA) is 50.1 Å². The molecule has 3 nitrogen and oxygen atoms in total. The summed E-state index contributed by atoms with van der Waals surface area (Å²) in [5.41, 5.74) is -2.73. The molecule has 1 aromatic rings. The maximum Gasteiger partial charge on any atom is 0.419 e. The number of halogens is 4. The van der Waals surface area contributed by atoms with Crippen molar-refractivity contribution in [3.8, 4) is 6.07 Å². The Morgan fingerprint density at radius 2 is 2.00 bits per heavy atom. The number of hydrogen-bond donors (Lipinski definition) is 0. The molecular weight excluding hydrogens is 242 g/mol. The van der Waals surface area contributed by atoms with Crippen LogP contribution in [0.4, 0.5) is 17.6 Å². The molecule has 90 valence electrons. The molecule has 0 aliphatic rings. The molecule has 0 atom stereocenters. The standard InChI is InChI=1S/C10H5F4NO2/c1-17-9(16)6-3-8(11)7(10(12,13)14)2-5(6)4-15/h2-3H,1H3. The van der Waals surface area contributed by atoms with Crippen molar-refractivity contribution < 1.29 is 27.1 Å². The summed E-state index contributed by atoms with van der Waals surface area (Å²) in [6.45, 7) is 0. The summed E-state index contributed by atoms with van der Waals surface area (Å²) < 4.78 is 54.3. The summed E-state index contributed by atoms with van der Waals surface area (Å²) in [4.78, 5) is 11.1. The average Bonchev–Trinajstić information content (AvgIpc) is 2.26. The molecule has 0 spiro atoms. The average molecular weight is 247 g/mol. The third-order valence-corrected chi connectivity index (χ3v) is 1.94. The molecule has 0 heterocycles. The van der Waals surface area contributed by atoms with Gasteiger partial charge in [0.25, 0.3) is 0 Å². The lowest BCUT2D eigenvalue weighted by Crippen LogP contribution is -2.12. The van der Waals surface area contributed by atoms with Crippen LogP contribution in [0.5, 0.6) is 0 Å². The van der Waals surface area contributed by atoms with Crippen molar-refractivity contribution in [2.45, 2.75) is 6.18 Å². The van der Waals surface area contributed by atoms with Crippen molar-refractivity contribution in [3.05, 3.63) is 34.6 Å². The second-order valence-corrected chi connectivity index (χ2v) is 2.98. The molecule has 0 saturated heterocycles. The van der Waals surface area contributed by atoms with Crippen LogP contribution in [0.15, 0.2) is 12.1 Å². The number of alkyl halides is 3. The van der Waals surface area contributed by atoms with Gasteiger partial charge in [0.2, 0.25) is 0 Å². The molecular formula is C10H5F4NO2. The van der Waals surface area contributed by atoms with E-state index in [4.69, 9.17) is 5.26 Å². The van der Waals surface area contributed by atoms with Crippen LogP contribution >= 0.6 is 0 Å². The minimum Gasteiger partial charge on any atom is -0.465 e. The fourth-order valence-corrected chi connectivity index (χ4v) is 1.16. The summed E-state index contributed by atoms with van der Waals surface area (Å²) in [7, 11) is 0.971. The molecule has 0 saturated carbocycles. The van der Waals surface area contributed by atoms with Gasteiger partial charge in [0.05, 0.1) is 23.8 Å². The zero-order valence-corrected chi connectivity index (χ0v) is 8.43. The van der Waals surface area contributed by atoms with Crippen LogP contribution in [0.2, 0.25) is 0 Å². The van der Waals surface area contributed by atoms with Gasteiger partial charge in [-0.05, 0) is 12.1 Å². The molecule has 1 rings (SSSR count). The second kappa shape index (κ2) is 4.41. The number of nitriles is 1. The van der Waals surface area contributed by atoms with E-state index in [-0.39, 0.29) is 6.07 Å². The van der Waals surface area contributed by atoms with E-state index in [0.29, 0.717) is 6.07 Å². The Balaban J connectivity index is 3.47. The molecule has 17 heavy (non-hydrogen) atoms. The lowest BCUT2D eigenvalue weighted by atomic mass is 10.0. The van der Waals surface area contributed by atoms with E-state index in [1.807, 2.05) is 0 Å². The van der Waals surface area contributed by atoms with Crippen molar-refractivity contribution in [1.29, 1.82) is 5.26 Å². The highest BCUT2D eigenvalue weighted by Crippen LogP contribution is 2.33. The number of methoxy groups -OCH3 is 1. The minimum absolute atomic E-state index is 0.279. The number of ether oxygens (including phenoxy) is 1. The maximum atomic E-state index is 13.1. The zero-order chi connectivity index (χ0) is 13.2. The molecule has 0 fully saturated rings. The van der Waals surface area contributed by atoms with Gasteiger partial charge in [-0.25, -0.2) is 9.18 Å². The quantitative estimate of drug-likeness (QED) is 0.566. The van der Waals surface area contributed by atoms with Crippen molar-refractivity contribution in [2.24, 2.45) is 0 Å². The summed E-state index contributed by atoms with van der Waals surface area (Å²) in [5.74, 6) is -2.70. The predicted octanol–water partition coefficient (Wildman–Crippen LogP) is 2.50. The molecule has 0 radical (unpaired) electrons. The van der Waals surface area contributed by atoms with E-state index in [1.54, 1.807) is 0 Å². The van der Waals surface area contributed by atoms with Crippen LogP contribution in [0.3, 0.4) is 0 Å². The van der Waals surface area contributed by atoms with E-state index in [2.05, 4.69) is 4.74 Å². The first-order chi connectivity index (χ1) is 7.81. The number of carbonyl (C=O) groups excluding carboxylic acids is 1. The monoisotopic (exact) mass is 247 g/mol. The van der Waals surface area contributed by atoms with E-state index >= 15 is 0 Å². The lowest BCUT2D eigenvalue weighted by molar-refractivity contribution is -0.140. The first-order valence-corrected chi connectivity index (χ1v) is 4.20. The van der Waals surface area contributed by atoms with Gasteiger partial charge in [-0.2, -0.15) is 18.4 Å². The summed E-state index contributed by atoms with van der Waals surface area (Å²) >= 11 is 0. The summed E-state index contributed by atoms with van der Waals surface area (Å²) in [6.07, 6.45) is -4.93. The molecule has 1 aromatic carbocycles. The highest BCUT2D eigenvalue weighted by atomic mass is 19.4. The van der Waals surface area contributed by atoms with Gasteiger partial charge < -0.3 is 4.74 Å². The highest BCUT2D eigenvalue weighted by Gasteiger charge is 2.35. The van der Waals surface area contributed by atoms with Gasteiger partial charge in [-0.1, -0.05) is 0 Å². The predicted molar refractivity (Wildman–Crippen MR) is 47.5 cm³/mol.